The van der Waals surface area contributed by atoms with Crippen LogP contribution < -0.4 is 11.3 Å². The van der Waals surface area contributed by atoms with Gasteiger partial charge in [-0.15, -0.1) is 0 Å². The lowest BCUT2D eigenvalue weighted by molar-refractivity contribution is 0.633. The lowest BCUT2D eigenvalue weighted by Gasteiger charge is -2.22. The third kappa shape index (κ3) is 2.84. The van der Waals surface area contributed by atoms with E-state index in [9.17, 15) is 0 Å². The normalized spacial score (nSPS) is 12.5. The molecule has 2 aromatic carbocycles. The zero-order valence-corrected chi connectivity index (χ0v) is 13.3. The summed E-state index contributed by atoms with van der Waals surface area (Å²) in [6.07, 6.45) is 0. The molecule has 2 nitrogen and oxygen atoms in total. The van der Waals surface area contributed by atoms with Gasteiger partial charge in [-0.3, -0.25) is 5.84 Å². The van der Waals surface area contributed by atoms with E-state index in [2.05, 4.69) is 38.3 Å². The Morgan fingerprint density at radius 2 is 1.60 bits per heavy atom. The fraction of sp³-hybridized carbons (Fsp3) is 0.250. The highest BCUT2D eigenvalue weighted by atomic mass is 35.5. The maximum atomic E-state index is 6.31. The van der Waals surface area contributed by atoms with Crippen LogP contribution in [0.3, 0.4) is 0 Å². The molecule has 0 aromatic heterocycles. The number of nitrogens with one attached hydrogen (secondary N) is 1. The molecule has 1 unspecified atom stereocenters. The molecular formula is C16H18Cl2N2. The zero-order chi connectivity index (χ0) is 14.9. The average molecular weight is 309 g/mol. The number of hydrogen-bond acceptors (Lipinski definition) is 2. The van der Waals surface area contributed by atoms with Gasteiger partial charge >= 0.3 is 0 Å². The lowest BCUT2D eigenvalue weighted by Crippen LogP contribution is -2.29. The van der Waals surface area contributed by atoms with Crippen molar-refractivity contribution in [2.75, 3.05) is 0 Å². The Morgan fingerprint density at radius 3 is 2.25 bits per heavy atom. The van der Waals surface area contributed by atoms with E-state index in [1.165, 1.54) is 16.7 Å². The van der Waals surface area contributed by atoms with Crippen LogP contribution in [0.25, 0.3) is 0 Å². The standard InChI is InChI=1S/C16H18Cl2N2/c1-9-7-11(3)13(8-10(9)2)16(20-19)12-5-4-6-14(17)15(12)18/h4-8,16,20H,19H2,1-3H3. The molecule has 4 heteroatoms. The van der Waals surface area contributed by atoms with E-state index < -0.39 is 0 Å². The predicted molar refractivity (Wildman–Crippen MR) is 86.3 cm³/mol. The molecule has 0 saturated heterocycles. The van der Waals surface area contributed by atoms with Gasteiger partial charge in [0, 0.05) is 0 Å². The van der Waals surface area contributed by atoms with E-state index in [-0.39, 0.29) is 6.04 Å². The van der Waals surface area contributed by atoms with Gasteiger partial charge in [0.2, 0.25) is 0 Å². The summed E-state index contributed by atoms with van der Waals surface area (Å²) in [5.74, 6) is 5.76. The second-order valence-electron chi connectivity index (χ2n) is 5.04. The van der Waals surface area contributed by atoms with Crippen LogP contribution in [0.2, 0.25) is 10.0 Å². The van der Waals surface area contributed by atoms with Crippen molar-refractivity contribution in [1.29, 1.82) is 0 Å². The van der Waals surface area contributed by atoms with Crippen LogP contribution in [0.1, 0.15) is 33.9 Å². The van der Waals surface area contributed by atoms with Crippen LogP contribution >= 0.6 is 23.2 Å². The maximum absolute atomic E-state index is 6.31. The second kappa shape index (κ2) is 6.15. The Balaban J connectivity index is 2.58. The quantitative estimate of drug-likeness (QED) is 0.648. The van der Waals surface area contributed by atoms with E-state index >= 15 is 0 Å². The third-order valence-electron chi connectivity index (χ3n) is 3.65. The van der Waals surface area contributed by atoms with Gasteiger partial charge in [0.15, 0.2) is 0 Å². The summed E-state index contributed by atoms with van der Waals surface area (Å²) in [4.78, 5) is 0. The number of aryl methyl sites for hydroxylation is 3. The highest BCUT2D eigenvalue weighted by molar-refractivity contribution is 6.42. The van der Waals surface area contributed by atoms with Gasteiger partial charge in [0.1, 0.15) is 0 Å². The van der Waals surface area contributed by atoms with Gasteiger partial charge in [-0.2, -0.15) is 0 Å². The van der Waals surface area contributed by atoms with Crippen molar-refractivity contribution in [2.24, 2.45) is 5.84 Å². The Labute approximate surface area is 129 Å². The van der Waals surface area contributed by atoms with Gasteiger partial charge in [-0.05, 0) is 54.7 Å². The largest absolute Gasteiger partial charge is 0.271 e. The van der Waals surface area contributed by atoms with Gasteiger partial charge in [0.25, 0.3) is 0 Å². The van der Waals surface area contributed by atoms with Crippen LogP contribution in [0.15, 0.2) is 30.3 Å². The fourth-order valence-corrected chi connectivity index (χ4v) is 2.80. The summed E-state index contributed by atoms with van der Waals surface area (Å²) in [5, 5.41) is 1.07. The van der Waals surface area contributed by atoms with Crippen molar-refractivity contribution in [3.63, 3.8) is 0 Å². The molecule has 3 N–H and O–H groups in total. The van der Waals surface area contributed by atoms with E-state index in [4.69, 9.17) is 29.0 Å². The Morgan fingerprint density at radius 1 is 0.950 bits per heavy atom. The van der Waals surface area contributed by atoms with Crippen LogP contribution in [0, 0.1) is 20.8 Å². The molecule has 0 fully saturated rings. The first-order valence-corrected chi connectivity index (χ1v) is 7.19. The second-order valence-corrected chi connectivity index (χ2v) is 5.82. The van der Waals surface area contributed by atoms with Crippen LogP contribution in [0.4, 0.5) is 0 Å². The van der Waals surface area contributed by atoms with Crippen LogP contribution in [-0.2, 0) is 0 Å². The van der Waals surface area contributed by atoms with Gasteiger partial charge in [-0.25, -0.2) is 5.43 Å². The summed E-state index contributed by atoms with van der Waals surface area (Å²) in [6.45, 7) is 6.26. The Kier molecular flexibility index (Phi) is 4.71. The molecule has 0 bridgehead atoms. The van der Waals surface area contributed by atoms with E-state index in [1.807, 2.05) is 12.1 Å². The summed E-state index contributed by atoms with van der Waals surface area (Å²) in [7, 11) is 0. The highest BCUT2D eigenvalue weighted by Crippen LogP contribution is 2.34. The SMILES string of the molecule is Cc1cc(C)c(C(NN)c2cccc(Cl)c2Cl)cc1C. The molecule has 106 valence electrons. The predicted octanol–water partition coefficient (Wildman–Crippen LogP) is 4.47. The smallest absolute Gasteiger partial charge is 0.0727 e. The number of benzene rings is 2. The molecule has 0 spiro atoms. The number of rotatable bonds is 3. The molecule has 2 aromatic rings. The fourth-order valence-electron chi connectivity index (χ4n) is 2.38. The molecule has 0 aliphatic rings. The van der Waals surface area contributed by atoms with E-state index in [1.54, 1.807) is 6.07 Å². The molecule has 0 amide bonds. The molecule has 0 radical (unpaired) electrons. The van der Waals surface area contributed by atoms with Crippen molar-refractivity contribution < 1.29 is 0 Å². The van der Waals surface area contributed by atoms with E-state index in [0.29, 0.717) is 10.0 Å². The van der Waals surface area contributed by atoms with Crippen molar-refractivity contribution in [1.82, 2.24) is 5.43 Å². The first-order chi connectivity index (χ1) is 9.45. The van der Waals surface area contributed by atoms with Gasteiger partial charge < -0.3 is 0 Å². The topological polar surface area (TPSA) is 38.0 Å². The highest BCUT2D eigenvalue weighted by Gasteiger charge is 2.19. The third-order valence-corrected chi connectivity index (χ3v) is 4.49. The first-order valence-electron chi connectivity index (χ1n) is 6.43. The van der Waals surface area contributed by atoms with Crippen LogP contribution in [0.5, 0.6) is 0 Å². The Bertz CT molecular complexity index is 639. The lowest BCUT2D eigenvalue weighted by atomic mass is 9.92. The van der Waals surface area contributed by atoms with Crippen molar-refractivity contribution in [3.05, 3.63) is 68.2 Å². The molecule has 0 aliphatic heterocycles. The molecule has 0 aliphatic carbocycles. The average Bonchev–Trinajstić information content (AvgIpc) is 2.41. The zero-order valence-electron chi connectivity index (χ0n) is 11.8. The first kappa shape index (κ1) is 15.3. The molecule has 20 heavy (non-hydrogen) atoms. The van der Waals surface area contributed by atoms with Crippen LogP contribution in [-0.4, -0.2) is 0 Å². The van der Waals surface area contributed by atoms with Gasteiger partial charge in [0.05, 0.1) is 16.1 Å². The molecule has 2 rings (SSSR count). The molecule has 0 heterocycles. The molecule has 1 atom stereocenters. The maximum Gasteiger partial charge on any atom is 0.0727 e. The van der Waals surface area contributed by atoms with Crippen molar-refractivity contribution >= 4 is 23.2 Å². The summed E-state index contributed by atoms with van der Waals surface area (Å²) >= 11 is 12.4. The summed E-state index contributed by atoms with van der Waals surface area (Å²) in [5.41, 5.74) is 8.50. The number of halogens is 2. The molecular weight excluding hydrogens is 291 g/mol. The number of nitrogens with two attached hydrogens (primary N) is 1. The summed E-state index contributed by atoms with van der Waals surface area (Å²) in [6, 6.07) is 9.71. The minimum atomic E-state index is -0.180. The number of hydrogen-bond donors (Lipinski definition) is 2. The van der Waals surface area contributed by atoms with E-state index in [0.717, 1.165) is 11.1 Å². The van der Waals surface area contributed by atoms with Crippen molar-refractivity contribution in [3.8, 4) is 0 Å². The monoisotopic (exact) mass is 308 g/mol. The van der Waals surface area contributed by atoms with Gasteiger partial charge in [-0.1, -0.05) is 47.5 Å². The minimum Gasteiger partial charge on any atom is -0.271 e. The number of hydrazine groups is 1. The van der Waals surface area contributed by atoms with Crippen molar-refractivity contribution in [2.45, 2.75) is 26.8 Å². The minimum absolute atomic E-state index is 0.180. The summed E-state index contributed by atoms with van der Waals surface area (Å²) < 4.78 is 0. The Hall–Kier alpha value is -1.06. The molecule has 0 saturated carbocycles.